The minimum Gasteiger partial charge on any atom is -0.319 e. The van der Waals surface area contributed by atoms with E-state index < -0.39 is 10.0 Å². The van der Waals surface area contributed by atoms with Gasteiger partial charge in [0.15, 0.2) is 0 Å². The van der Waals surface area contributed by atoms with Crippen molar-refractivity contribution in [3.8, 4) is 0 Å². The van der Waals surface area contributed by atoms with Crippen LogP contribution in [0.2, 0.25) is 0 Å². The van der Waals surface area contributed by atoms with Crippen molar-refractivity contribution in [3.05, 3.63) is 29.3 Å². The average molecular weight is 308 g/mol. The summed E-state index contributed by atoms with van der Waals surface area (Å²) in [5.74, 6) is 0.433. The normalized spacial score (nSPS) is 23.2. The van der Waals surface area contributed by atoms with Crippen molar-refractivity contribution in [1.29, 1.82) is 0 Å². The number of nitrogens with zero attached hydrogens (tertiary/aromatic N) is 1. The Hall–Kier alpha value is -0.910. The first-order valence-corrected chi connectivity index (χ1v) is 9.32. The summed E-state index contributed by atoms with van der Waals surface area (Å²) in [6.07, 6.45) is 5.44. The average Bonchev–Trinajstić information content (AvgIpc) is 2.96. The quantitative estimate of drug-likeness (QED) is 0.922. The SMILES string of the molecule is CNCC1CCN(S(=O)(=O)c2ccc3c(c2)CCCC3)C1. The van der Waals surface area contributed by atoms with E-state index in [-0.39, 0.29) is 0 Å². The summed E-state index contributed by atoms with van der Waals surface area (Å²) in [5, 5.41) is 3.14. The van der Waals surface area contributed by atoms with Crippen molar-refractivity contribution in [2.24, 2.45) is 5.92 Å². The van der Waals surface area contributed by atoms with Gasteiger partial charge in [-0.3, -0.25) is 0 Å². The van der Waals surface area contributed by atoms with Crippen molar-refractivity contribution in [3.63, 3.8) is 0 Å². The van der Waals surface area contributed by atoms with E-state index in [1.165, 1.54) is 24.0 Å². The van der Waals surface area contributed by atoms with Crippen LogP contribution in [0.1, 0.15) is 30.4 Å². The second-order valence-corrected chi connectivity index (χ2v) is 8.15. The van der Waals surface area contributed by atoms with Crippen molar-refractivity contribution >= 4 is 10.0 Å². The van der Waals surface area contributed by atoms with Gasteiger partial charge in [-0.25, -0.2) is 8.42 Å². The van der Waals surface area contributed by atoms with Crippen LogP contribution >= 0.6 is 0 Å². The summed E-state index contributed by atoms with van der Waals surface area (Å²) >= 11 is 0. The Balaban J connectivity index is 1.82. The molecule has 116 valence electrons. The third kappa shape index (κ3) is 3.00. The zero-order valence-corrected chi connectivity index (χ0v) is 13.5. The summed E-state index contributed by atoms with van der Waals surface area (Å²) in [4.78, 5) is 0.480. The molecule has 1 N–H and O–H groups in total. The van der Waals surface area contributed by atoms with Gasteiger partial charge in [0, 0.05) is 13.1 Å². The second-order valence-electron chi connectivity index (χ2n) is 6.21. The molecule has 0 amide bonds. The van der Waals surface area contributed by atoms with Crippen LogP contribution in [0.15, 0.2) is 23.1 Å². The lowest BCUT2D eigenvalue weighted by Gasteiger charge is -2.20. The van der Waals surface area contributed by atoms with Crippen LogP contribution in [0, 0.1) is 5.92 Å². The fraction of sp³-hybridized carbons (Fsp3) is 0.625. The van der Waals surface area contributed by atoms with E-state index >= 15 is 0 Å². The Morgan fingerprint density at radius 3 is 2.76 bits per heavy atom. The molecule has 1 heterocycles. The lowest BCUT2D eigenvalue weighted by Crippen LogP contribution is -2.30. The second kappa shape index (κ2) is 6.07. The minimum absolute atomic E-state index is 0.433. The molecule has 1 aromatic rings. The summed E-state index contributed by atoms with van der Waals surface area (Å²) < 4.78 is 27.2. The Morgan fingerprint density at radius 2 is 2.00 bits per heavy atom. The molecule has 0 saturated carbocycles. The van der Waals surface area contributed by atoms with Crippen molar-refractivity contribution in [1.82, 2.24) is 9.62 Å². The Bertz CT molecular complexity index is 613. The van der Waals surface area contributed by atoms with Crippen LogP contribution in [0.4, 0.5) is 0 Å². The van der Waals surface area contributed by atoms with Gasteiger partial charge >= 0.3 is 0 Å². The van der Waals surface area contributed by atoms with Crippen LogP contribution < -0.4 is 5.32 Å². The first kappa shape index (κ1) is 15.0. The number of hydrogen-bond donors (Lipinski definition) is 1. The van der Waals surface area contributed by atoms with Crippen LogP contribution in [0.5, 0.6) is 0 Å². The zero-order valence-electron chi connectivity index (χ0n) is 12.6. The van der Waals surface area contributed by atoms with Gasteiger partial charge in [-0.15, -0.1) is 0 Å². The highest BCUT2D eigenvalue weighted by atomic mass is 32.2. The summed E-state index contributed by atoms with van der Waals surface area (Å²) in [7, 11) is -1.40. The standard InChI is InChI=1S/C16H24N2O2S/c1-17-11-13-8-9-18(12-13)21(19,20)16-7-6-14-4-2-3-5-15(14)10-16/h6-7,10,13,17H,2-5,8-9,11-12H2,1H3. The summed E-state index contributed by atoms with van der Waals surface area (Å²) in [6.45, 7) is 2.17. The number of rotatable bonds is 4. The van der Waals surface area contributed by atoms with Crippen LogP contribution in [0.25, 0.3) is 0 Å². The van der Waals surface area contributed by atoms with Gasteiger partial charge in [-0.1, -0.05) is 6.07 Å². The maximum Gasteiger partial charge on any atom is 0.243 e. The molecule has 0 spiro atoms. The fourth-order valence-electron chi connectivity index (χ4n) is 3.49. The maximum atomic E-state index is 12.8. The number of hydrogen-bond acceptors (Lipinski definition) is 3. The van der Waals surface area contributed by atoms with Crippen LogP contribution in [0.3, 0.4) is 0 Å². The highest BCUT2D eigenvalue weighted by molar-refractivity contribution is 7.89. The van der Waals surface area contributed by atoms with Gasteiger partial charge < -0.3 is 5.32 Å². The molecule has 2 aliphatic rings. The third-order valence-corrected chi connectivity index (χ3v) is 6.56. The molecule has 3 rings (SSSR count). The highest BCUT2D eigenvalue weighted by Crippen LogP contribution is 2.28. The Kier molecular flexibility index (Phi) is 4.33. The van der Waals surface area contributed by atoms with Gasteiger partial charge in [0.25, 0.3) is 0 Å². The van der Waals surface area contributed by atoms with E-state index in [2.05, 4.69) is 5.32 Å². The molecular weight excluding hydrogens is 284 g/mol. The lowest BCUT2D eigenvalue weighted by molar-refractivity contribution is 0.451. The molecule has 5 heteroatoms. The van der Waals surface area contributed by atoms with Crippen molar-refractivity contribution in [2.75, 3.05) is 26.7 Å². The number of sulfonamides is 1. The summed E-state index contributed by atoms with van der Waals surface area (Å²) in [5.41, 5.74) is 2.56. The van der Waals surface area contributed by atoms with Gasteiger partial charge in [0.05, 0.1) is 4.90 Å². The van der Waals surface area contributed by atoms with Crippen molar-refractivity contribution in [2.45, 2.75) is 37.0 Å². The van der Waals surface area contributed by atoms with E-state index in [9.17, 15) is 8.42 Å². The predicted molar refractivity (Wildman–Crippen MR) is 83.9 cm³/mol. The van der Waals surface area contributed by atoms with Gasteiger partial charge in [0.1, 0.15) is 0 Å². The molecule has 1 atom stereocenters. The van der Waals surface area contributed by atoms with E-state index in [1.807, 2.05) is 19.2 Å². The van der Waals surface area contributed by atoms with Gasteiger partial charge in [0.2, 0.25) is 10.0 Å². The maximum absolute atomic E-state index is 12.8. The third-order valence-electron chi connectivity index (χ3n) is 4.70. The topological polar surface area (TPSA) is 49.4 Å². The molecule has 1 aliphatic carbocycles. The van der Waals surface area contributed by atoms with E-state index in [1.54, 1.807) is 10.4 Å². The molecule has 4 nitrogen and oxygen atoms in total. The number of nitrogens with one attached hydrogen (secondary N) is 1. The minimum atomic E-state index is -3.32. The molecule has 0 bridgehead atoms. The molecule has 1 unspecified atom stereocenters. The summed E-state index contributed by atoms with van der Waals surface area (Å²) in [6, 6.07) is 5.72. The largest absolute Gasteiger partial charge is 0.319 e. The molecule has 21 heavy (non-hydrogen) atoms. The lowest BCUT2D eigenvalue weighted by atomic mass is 9.92. The number of fused-ring (bicyclic) bond motifs is 1. The Morgan fingerprint density at radius 1 is 1.24 bits per heavy atom. The van der Waals surface area contributed by atoms with Crippen LogP contribution in [-0.2, 0) is 22.9 Å². The van der Waals surface area contributed by atoms with Gasteiger partial charge in [-0.2, -0.15) is 4.31 Å². The fourth-order valence-corrected chi connectivity index (χ4v) is 5.07. The molecule has 1 fully saturated rings. The molecular formula is C16H24N2O2S. The molecule has 1 saturated heterocycles. The number of aryl methyl sites for hydroxylation is 2. The van der Waals surface area contributed by atoms with Crippen molar-refractivity contribution < 1.29 is 8.42 Å². The molecule has 0 aromatic heterocycles. The van der Waals surface area contributed by atoms with Gasteiger partial charge in [-0.05, 0) is 74.9 Å². The van der Waals surface area contributed by atoms with E-state index in [0.29, 0.717) is 23.9 Å². The molecule has 0 radical (unpaired) electrons. The monoisotopic (exact) mass is 308 g/mol. The van der Waals surface area contributed by atoms with Crippen LogP contribution in [-0.4, -0.2) is 39.4 Å². The van der Waals surface area contributed by atoms with E-state index in [4.69, 9.17) is 0 Å². The predicted octanol–water partition coefficient (Wildman–Crippen LogP) is 1.80. The number of benzene rings is 1. The molecule has 1 aliphatic heterocycles. The molecule has 1 aromatic carbocycles. The highest BCUT2D eigenvalue weighted by Gasteiger charge is 2.32. The Labute approximate surface area is 127 Å². The first-order valence-electron chi connectivity index (χ1n) is 7.88. The first-order chi connectivity index (χ1) is 10.1. The van der Waals surface area contributed by atoms with E-state index in [0.717, 1.165) is 25.8 Å². The zero-order chi connectivity index (χ0) is 14.9. The smallest absolute Gasteiger partial charge is 0.243 e.